The van der Waals surface area contributed by atoms with Gasteiger partial charge in [0, 0.05) is 12.5 Å². The van der Waals surface area contributed by atoms with Crippen molar-refractivity contribution in [3.05, 3.63) is 23.8 Å². The first kappa shape index (κ1) is 9.34. The third-order valence-electron chi connectivity index (χ3n) is 2.30. The molecule has 2 rings (SSSR count). The van der Waals surface area contributed by atoms with E-state index in [0.29, 0.717) is 0 Å². The van der Waals surface area contributed by atoms with E-state index in [0.717, 1.165) is 36.7 Å². The van der Waals surface area contributed by atoms with Gasteiger partial charge in [-0.05, 0) is 24.6 Å². The molecule has 0 radical (unpaired) electrons. The highest BCUT2D eigenvalue weighted by molar-refractivity contribution is 5.44. The number of nitrogens with two attached hydrogens (primary N) is 1. The number of hydrogen-bond donors (Lipinski definition) is 1. The maximum atomic E-state index is 5.79. The minimum absolute atomic E-state index is 0.0344. The largest absolute Gasteiger partial charge is 0.490 e. The van der Waals surface area contributed by atoms with Crippen molar-refractivity contribution in [1.29, 1.82) is 0 Å². The monoisotopic (exact) mass is 193 g/mol. The number of fused-ring (bicyclic) bond motifs is 1. The number of benzene rings is 1. The summed E-state index contributed by atoms with van der Waals surface area (Å²) < 4.78 is 11.1. The molecule has 0 aliphatic carbocycles. The van der Waals surface area contributed by atoms with E-state index in [9.17, 15) is 0 Å². The van der Waals surface area contributed by atoms with Crippen LogP contribution in [0.15, 0.2) is 18.2 Å². The third kappa shape index (κ3) is 1.82. The molecule has 76 valence electrons. The fourth-order valence-electron chi connectivity index (χ4n) is 1.46. The summed E-state index contributed by atoms with van der Waals surface area (Å²) in [4.78, 5) is 0. The van der Waals surface area contributed by atoms with Gasteiger partial charge in [0.1, 0.15) is 0 Å². The predicted molar refractivity (Wildman–Crippen MR) is 54.7 cm³/mol. The summed E-state index contributed by atoms with van der Waals surface area (Å²) in [7, 11) is 0. The van der Waals surface area contributed by atoms with Gasteiger partial charge in [-0.15, -0.1) is 0 Å². The van der Waals surface area contributed by atoms with Gasteiger partial charge in [-0.3, -0.25) is 0 Å². The van der Waals surface area contributed by atoms with Crippen LogP contribution in [0.2, 0.25) is 0 Å². The normalized spacial score (nSPS) is 17.3. The zero-order chi connectivity index (χ0) is 9.97. The number of hydrogen-bond acceptors (Lipinski definition) is 3. The zero-order valence-corrected chi connectivity index (χ0v) is 8.32. The maximum absolute atomic E-state index is 5.79. The molecule has 1 heterocycles. The molecule has 1 aromatic carbocycles. The maximum Gasteiger partial charge on any atom is 0.161 e. The van der Waals surface area contributed by atoms with Crippen molar-refractivity contribution < 1.29 is 9.47 Å². The van der Waals surface area contributed by atoms with Crippen LogP contribution in [0, 0.1) is 0 Å². The molecule has 1 aromatic rings. The predicted octanol–water partition coefficient (Wildman–Crippen LogP) is 1.87. The molecular formula is C11H15NO2. The lowest BCUT2D eigenvalue weighted by Crippen LogP contribution is -2.05. The molecule has 0 spiro atoms. The van der Waals surface area contributed by atoms with Crippen molar-refractivity contribution in [2.24, 2.45) is 5.73 Å². The van der Waals surface area contributed by atoms with Gasteiger partial charge in [-0.2, -0.15) is 0 Å². The van der Waals surface area contributed by atoms with E-state index in [4.69, 9.17) is 15.2 Å². The van der Waals surface area contributed by atoms with Gasteiger partial charge in [-0.1, -0.05) is 6.07 Å². The zero-order valence-electron chi connectivity index (χ0n) is 8.32. The van der Waals surface area contributed by atoms with Crippen LogP contribution in [0.3, 0.4) is 0 Å². The smallest absolute Gasteiger partial charge is 0.161 e. The van der Waals surface area contributed by atoms with Crippen LogP contribution in [-0.4, -0.2) is 13.2 Å². The lowest BCUT2D eigenvalue weighted by Gasteiger charge is -2.11. The van der Waals surface area contributed by atoms with Crippen molar-refractivity contribution >= 4 is 0 Å². The molecule has 2 N–H and O–H groups in total. The van der Waals surface area contributed by atoms with E-state index in [1.807, 2.05) is 25.1 Å². The highest BCUT2D eigenvalue weighted by Gasteiger charge is 2.11. The van der Waals surface area contributed by atoms with Crippen LogP contribution in [0.4, 0.5) is 0 Å². The molecule has 14 heavy (non-hydrogen) atoms. The summed E-state index contributed by atoms with van der Waals surface area (Å²) in [5.74, 6) is 1.64. The lowest BCUT2D eigenvalue weighted by molar-refractivity contribution is 0.297. The fourth-order valence-corrected chi connectivity index (χ4v) is 1.46. The number of rotatable bonds is 1. The van der Waals surface area contributed by atoms with E-state index in [2.05, 4.69) is 0 Å². The molecule has 0 aromatic heterocycles. The van der Waals surface area contributed by atoms with Crippen molar-refractivity contribution in [3.63, 3.8) is 0 Å². The Labute approximate surface area is 83.8 Å². The van der Waals surface area contributed by atoms with Crippen LogP contribution in [-0.2, 0) is 0 Å². The van der Waals surface area contributed by atoms with Gasteiger partial charge in [0.25, 0.3) is 0 Å². The molecule has 0 saturated carbocycles. The Kier molecular flexibility index (Phi) is 2.59. The Morgan fingerprint density at radius 1 is 1.21 bits per heavy atom. The molecule has 3 heteroatoms. The second-order valence-corrected chi connectivity index (χ2v) is 3.55. The van der Waals surface area contributed by atoms with Gasteiger partial charge in [0.15, 0.2) is 11.5 Å². The van der Waals surface area contributed by atoms with Gasteiger partial charge in [-0.25, -0.2) is 0 Å². The Bertz CT molecular complexity index is 323. The van der Waals surface area contributed by atoms with Crippen molar-refractivity contribution in [2.75, 3.05) is 13.2 Å². The summed E-state index contributed by atoms with van der Waals surface area (Å²) in [5, 5.41) is 0. The second kappa shape index (κ2) is 3.88. The van der Waals surface area contributed by atoms with Crippen LogP contribution < -0.4 is 15.2 Å². The van der Waals surface area contributed by atoms with E-state index in [1.54, 1.807) is 0 Å². The molecule has 1 aliphatic heterocycles. The Morgan fingerprint density at radius 2 is 1.93 bits per heavy atom. The van der Waals surface area contributed by atoms with Crippen LogP contribution in [0.5, 0.6) is 11.5 Å². The molecular weight excluding hydrogens is 178 g/mol. The summed E-state index contributed by atoms with van der Waals surface area (Å²) in [5.41, 5.74) is 6.87. The summed E-state index contributed by atoms with van der Waals surface area (Å²) in [6, 6.07) is 5.91. The molecule has 0 unspecified atom stereocenters. The first-order valence-corrected chi connectivity index (χ1v) is 4.92. The van der Waals surface area contributed by atoms with Crippen LogP contribution >= 0.6 is 0 Å². The molecule has 0 amide bonds. The van der Waals surface area contributed by atoms with Crippen LogP contribution in [0.1, 0.15) is 24.9 Å². The topological polar surface area (TPSA) is 44.5 Å². The molecule has 1 aliphatic rings. The minimum Gasteiger partial charge on any atom is -0.490 e. The van der Waals surface area contributed by atoms with E-state index in [-0.39, 0.29) is 6.04 Å². The highest BCUT2D eigenvalue weighted by atomic mass is 16.5. The molecule has 1 atom stereocenters. The van der Waals surface area contributed by atoms with Gasteiger partial charge < -0.3 is 15.2 Å². The van der Waals surface area contributed by atoms with E-state index < -0.39 is 0 Å². The average molecular weight is 193 g/mol. The highest BCUT2D eigenvalue weighted by Crippen LogP contribution is 2.31. The summed E-state index contributed by atoms with van der Waals surface area (Å²) in [6.45, 7) is 3.40. The standard InChI is InChI=1S/C11H15NO2/c1-8(12)9-3-4-10-11(7-9)14-6-2-5-13-10/h3-4,7-8H,2,5-6,12H2,1H3/t8-/m1/s1. The summed E-state index contributed by atoms with van der Waals surface area (Å²) >= 11 is 0. The minimum atomic E-state index is 0.0344. The first-order valence-electron chi connectivity index (χ1n) is 4.92. The van der Waals surface area contributed by atoms with E-state index in [1.165, 1.54) is 0 Å². The Balaban J connectivity index is 2.32. The SMILES string of the molecule is C[C@@H](N)c1ccc2c(c1)OCCCO2. The Hall–Kier alpha value is -1.22. The van der Waals surface area contributed by atoms with E-state index >= 15 is 0 Å². The van der Waals surface area contributed by atoms with Crippen molar-refractivity contribution in [2.45, 2.75) is 19.4 Å². The van der Waals surface area contributed by atoms with Crippen LogP contribution in [0.25, 0.3) is 0 Å². The van der Waals surface area contributed by atoms with Gasteiger partial charge in [0.05, 0.1) is 13.2 Å². The van der Waals surface area contributed by atoms with Crippen molar-refractivity contribution in [3.8, 4) is 11.5 Å². The number of ether oxygens (including phenoxy) is 2. The fraction of sp³-hybridized carbons (Fsp3) is 0.455. The lowest BCUT2D eigenvalue weighted by atomic mass is 10.1. The van der Waals surface area contributed by atoms with Gasteiger partial charge >= 0.3 is 0 Å². The second-order valence-electron chi connectivity index (χ2n) is 3.55. The molecule has 0 bridgehead atoms. The average Bonchev–Trinajstić information content (AvgIpc) is 2.41. The van der Waals surface area contributed by atoms with Crippen molar-refractivity contribution in [1.82, 2.24) is 0 Å². The molecule has 0 saturated heterocycles. The third-order valence-corrected chi connectivity index (χ3v) is 2.30. The van der Waals surface area contributed by atoms with Gasteiger partial charge in [0.2, 0.25) is 0 Å². The first-order chi connectivity index (χ1) is 6.77. The molecule has 3 nitrogen and oxygen atoms in total. The summed E-state index contributed by atoms with van der Waals surface area (Å²) in [6.07, 6.45) is 0.933. The quantitative estimate of drug-likeness (QED) is 0.740. The molecule has 0 fully saturated rings. The Morgan fingerprint density at radius 3 is 2.64 bits per heavy atom.